The number of hydrogen-bond donors (Lipinski definition) is 2. The van der Waals surface area contributed by atoms with E-state index in [4.69, 9.17) is 23.2 Å². The summed E-state index contributed by atoms with van der Waals surface area (Å²) in [5, 5.41) is 10.8. The quantitative estimate of drug-likeness (QED) is 0.522. The Bertz CT molecular complexity index is 942. The fraction of sp³-hybridized carbons (Fsp3) is 0.167. The maximum atomic E-state index is 12.2. The fourth-order valence-electron chi connectivity index (χ4n) is 2.22. The molecule has 0 spiro atoms. The van der Waals surface area contributed by atoms with Gasteiger partial charge in [-0.15, -0.1) is 22.7 Å². The number of rotatable bonds is 7. The van der Waals surface area contributed by atoms with Gasteiger partial charge in [-0.1, -0.05) is 35.3 Å². The Morgan fingerprint density at radius 3 is 2.48 bits per heavy atom. The molecular weight excluding hydrogens is 425 g/mol. The van der Waals surface area contributed by atoms with E-state index in [1.54, 1.807) is 23.6 Å². The first-order valence-electron chi connectivity index (χ1n) is 8.05. The number of nitrogens with zero attached hydrogens (tertiary/aromatic N) is 1. The molecule has 2 heterocycles. The first-order chi connectivity index (χ1) is 13.0. The average molecular weight is 440 g/mol. The zero-order valence-corrected chi connectivity index (χ0v) is 17.1. The number of halogens is 2. The number of thiazole rings is 1. The maximum absolute atomic E-state index is 12.2. The van der Waals surface area contributed by atoms with Crippen LogP contribution < -0.4 is 10.6 Å². The third-order valence-electron chi connectivity index (χ3n) is 3.57. The van der Waals surface area contributed by atoms with E-state index in [0.717, 1.165) is 5.56 Å². The predicted molar refractivity (Wildman–Crippen MR) is 111 cm³/mol. The van der Waals surface area contributed by atoms with Crippen molar-refractivity contribution in [3.63, 3.8) is 0 Å². The van der Waals surface area contributed by atoms with Crippen LogP contribution in [0.5, 0.6) is 0 Å². The Labute approximate surface area is 174 Å². The number of nitrogens with one attached hydrogen (secondary N) is 2. The van der Waals surface area contributed by atoms with Gasteiger partial charge in [-0.05, 0) is 30.0 Å². The average Bonchev–Trinajstić information content (AvgIpc) is 3.35. The van der Waals surface area contributed by atoms with Gasteiger partial charge in [-0.3, -0.25) is 9.59 Å². The van der Waals surface area contributed by atoms with Crippen molar-refractivity contribution in [3.8, 4) is 10.6 Å². The van der Waals surface area contributed by atoms with E-state index in [0.29, 0.717) is 45.1 Å². The monoisotopic (exact) mass is 439 g/mol. The molecule has 0 fully saturated rings. The van der Waals surface area contributed by atoms with Crippen molar-refractivity contribution in [2.45, 2.75) is 6.42 Å². The number of thiophene rings is 1. The summed E-state index contributed by atoms with van der Waals surface area (Å²) in [6, 6.07) is 8.84. The van der Waals surface area contributed by atoms with E-state index in [2.05, 4.69) is 15.6 Å². The van der Waals surface area contributed by atoms with E-state index in [9.17, 15) is 9.59 Å². The minimum atomic E-state index is -0.248. The third-order valence-corrected chi connectivity index (χ3v) is 6.07. The van der Waals surface area contributed by atoms with E-state index in [-0.39, 0.29) is 11.8 Å². The molecule has 5 nitrogen and oxygen atoms in total. The standard InChI is InChI=1S/C18H15Cl2N3O2S2/c19-12-5-4-11(9-13(12)20)18-23-14(10-27-18)16(24)21-6-2-7-22-17(25)15-3-1-8-26-15/h1,3-5,8-10H,2,6-7H2,(H,21,24)(H,22,25). The molecule has 1 aromatic carbocycles. The minimum absolute atomic E-state index is 0.0953. The molecule has 27 heavy (non-hydrogen) atoms. The molecule has 9 heteroatoms. The second-order valence-electron chi connectivity index (χ2n) is 5.51. The fourth-order valence-corrected chi connectivity index (χ4v) is 3.95. The SMILES string of the molecule is O=C(NCCCNC(=O)c1cccs1)c1csc(-c2ccc(Cl)c(Cl)c2)n1. The summed E-state index contributed by atoms with van der Waals surface area (Å²) in [7, 11) is 0. The molecule has 0 atom stereocenters. The van der Waals surface area contributed by atoms with Crippen LogP contribution in [0.1, 0.15) is 26.6 Å². The van der Waals surface area contributed by atoms with Crippen molar-refractivity contribution in [1.29, 1.82) is 0 Å². The van der Waals surface area contributed by atoms with Crippen molar-refractivity contribution in [1.82, 2.24) is 15.6 Å². The van der Waals surface area contributed by atoms with E-state index in [1.165, 1.54) is 22.7 Å². The Kier molecular flexibility index (Phi) is 6.84. The lowest BCUT2D eigenvalue weighted by Gasteiger charge is -2.05. The van der Waals surface area contributed by atoms with Crippen LogP contribution in [-0.4, -0.2) is 29.9 Å². The summed E-state index contributed by atoms with van der Waals surface area (Å²) in [5.41, 5.74) is 1.16. The lowest BCUT2D eigenvalue weighted by molar-refractivity contribution is 0.0949. The van der Waals surface area contributed by atoms with Gasteiger partial charge in [0.05, 0.1) is 14.9 Å². The molecule has 140 valence electrons. The maximum Gasteiger partial charge on any atom is 0.270 e. The summed E-state index contributed by atoms with van der Waals surface area (Å²) in [5.74, 6) is -0.343. The Hall–Kier alpha value is -1.93. The van der Waals surface area contributed by atoms with Crippen LogP contribution in [-0.2, 0) is 0 Å². The van der Waals surface area contributed by atoms with Gasteiger partial charge in [0.15, 0.2) is 0 Å². The number of amides is 2. The van der Waals surface area contributed by atoms with Crippen LogP contribution in [0, 0.1) is 0 Å². The second kappa shape index (κ2) is 9.32. The van der Waals surface area contributed by atoms with Crippen molar-refractivity contribution in [2.75, 3.05) is 13.1 Å². The second-order valence-corrected chi connectivity index (χ2v) is 8.13. The number of carbonyl (C=O) groups excluding carboxylic acids is 2. The van der Waals surface area contributed by atoms with Crippen molar-refractivity contribution < 1.29 is 9.59 Å². The van der Waals surface area contributed by atoms with Gasteiger partial charge in [0.1, 0.15) is 10.7 Å². The molecule has 0 saturated heterocycles. The van der Waals surface area contributed by atoms with Gasteiger partial charge >= 0.3 is 0 Å². The summed E-state index contributed by atoms with van der Waals surface area (Å²) in [6.07, 6.45) is 0.632. The van der Waals surface area contributed by atoms with Gasteiger partial charge in [-0.25, -0.2) is 4.98 Å². The van der Waals surface area contributed by atoms with Crippen LogP contribution in [0.15, 0.2) is 41.1 Å². The van der Waals surface area contributed by atoms with Gasteiger partial charge in [-0.2, -0.15) is 0 Å². The summed E-state index contributed by atoms with van der Waals surface area (Å²) in [6.45, 7) is 0.936. The van der Waals surface area contributed by atoms with Crippen LogP contribution >= 0.6 is 45.9 Å². The zero-order chi connectivity index (χ0) is 19.2. The highest BCUT2D eigenvalue weighted by molar-refractivity contribution is 7.13. The molecule has 0 unspecified atom stereocenters. The molecule has 0 radical (unpaired) electrons. The smallest absolute Gasteiger partial charge is 0.270 e. The first kappa shape index (κ1) is 19.8. The highest BCUT2D eigenvalue weighted by atomic mass is 35.5. The number of aromatic nitrogens is 1. The molecule has 3 rings (SSSR count). The molecular formula is C18H15Cl2N3O2S2. The largest absolute Gasteiger partial charge is 0.351 e. The van der Waals surface area contributed by atoms with Crippen molar-refractivity contribution >= 4 is 57.7 Å². The van der Waals surface area contributed by atoms with Gasteiger partial charge in [0.25, 0.3) is 11.8 Å². The molecule has 0 aliphatic heterocycles. The lowest BCUT2D eigenvalue weighted by atomic mass is 10.2. The molecule has 3 aromatic rings. The van der Waals surface area contributed by atoms with Gasteiger partial charge < -0.3 is 10.6 Å². The highest BCUT2D eigenvalue weighted by Gasteiger charge is 2.12. The van der Waals surface area contributed by atoms with Crippen LogP contribution in [0.25, 0.3) is 10.6 Å². The van der Waals surface area contributed by atoms with Crippen molar-refractivity contribution in [3.05, 3.63) is 61.7 Å². The first-order valence-corrected chi connectivity index (χ1v) is 10.6. The van der Waals surface area contributed by atoms with E-state index < -0.39 is 0 Å². The minimum Gasteiger partial charge on any atom is -0.351 e. The molecule has 0 saturated carbocycles. The van der Waals surface area contributed by atoms with E-state index in [1.807, 2.05) is 17.5 Å². The topological polar surface area (TPSA) is 71.1 Å². The van der Waals surface area contributed by atoms with Crippen molar-refractivity contribution in [2.24, 2.45) is 0 Å². The van der Waals surface area contributed by atoms with Gasteiger partial charge in [0, 0.05) is 24.0 Å². The molecule has 0 bridgehead atoms. The molecule has 0 aliphatic carbocycles. The molecule has 2 N–H and O–H groups in total. The number of benzene rings is 1. The number of carbonyl (C=O) groups is 2. The molecule has 0 aliphatic rings. The molecule has 2 aromatic heterocycles. The van der Waals surface area contributed by atoms with Crippen LogP contribution in [0.3, 0.4) is 0 Å². The number of hydrogen-bond acceptors (Lipinski definition) is 5. The van der Waals surface area contributed by atoms with Gasteiger partial charge in [0.2, 0.25) is 0 Å². The third kappa shape index (κ3) is 5.29. The van der Waals surface area contributed by atoms with E-state index >= 15 is 0 Å². The summed E-state index contributed by atoms with van der Waals surface area (Å²) < 4.78 is 0. The predicted octanol–water partition coefficient (Wildman–Crippen LogP) is 4.73. The Balaban J connectivity index is 1.45. The zero-order valence-electron chi connectivity index (χ0n) is 14.0. The molecule has 2 amide bonds. The van der Waals surface area contributed by atoms with Crippen LogP contribution in [0.4, 0.5) is 0 Å². The normalized spacial score (nSPS) is 10.6. The Morgan fingerprint density at radius 2 is 1.78 bits per heavy atom. The lowest BCUT2D eigenvalue weighted by Crippen LogP contribution is -2.29. The summed E-state index contributed by atoms with van der Waals surface area (Å²) in [4.78, 5) is 29.0. The summed E-state index contributed by atoms with van der Waals surface area (Å²) >= 11 is 14.7. The Morgan fingerprint density at radius 1 is 1.00 bits per heavy atom. The highest BCUT2D eigenvalue weighted by Crippen LogP contribution is 2.30. The van der Waals surface area contributed by atoms with Crippen LogP contribution in [0.2, 0.25) is 10.0 Å².